The first kappa shape index (κ1) is 51.1. The molecule has 19 heteroatoms. The first-order valence-corrected chi connectivity index (χ1v) is 23.1. The van der Waals surface area contributed by atoms with Crippen molar-refractivity contribution in [2.75, 3.05) is 40.5 Å². The summed E-state index contributed by atoms with van der Waals surface area (Å²) in [5, 5.41) is 44.5. The van der Waals surface area contributed by atoms with Gasteiger partial charge in [0.05, 0.1) is 68.1 Å². The topological polar surface area (TPSA) is 255 Å². The highest BCUT2D eigenvalue weighted by Crippen LogP contribution is 2.49. The zero-order valence-electron chi connectivity index (χ0n) is 40.6. The Labute approximate surface area is 405 Å². The van der Waals surface area contributed by atoms with Crippen molar-refractivity contribution in [2.45, 2.75) is 85.2 Å². The van der Waals surface area contributed by atoms with Crippen LogP contribution in [0.2, 0.25) is 0 Å². The van der Waals surface area contributed by atoms with E-state index >= 15 is 0 Å². The maximum absolute atomic E-state index is 14.8. The van der Waals surface area contributed by atoms with Gasteiger partial charge in [0.1, 0.15) is 40.4 Å². The van der Waals surface area contributed by atoms with Crippen LogP contribution in [0.5, 0.6) is 17.2 Å². The number of hydrogen-bond acceptors (Lipinski definition) is 17. The second-order valence-electron chi connectivity index (χ2n) is 18.1. The molecule has 5 aliphatic rings. The standard InChI is InChI=1S/C51H60N4O15/c1-25-13-12-14-26(2)49(62)53-39-40(55-18-21-66-22-19-55)45(60)36-37(44(39)59)43(58)30(6)47-38(36)48(61)51(7,69-47)67-20-17-34(64-8)27(3)46(29(5)42(57)28(4)41(25)56)68-50(63)52-24-31-23-33(54-70-31)32-15-10-11-16-35(32)65-9/h10-17,20,23,25,27-29,34,41-42,46,56-58H,18-19,21-22,24H2,1-9H3,(H,52,63)(H,53,62)/t25-,27+,28+,29+,34-,41-,42+,46+,51-/m0/s1. The molecule has 1 aliphatic carbocycles. The summed E-state index contributed by atoms with van der Waals surface area (Å²) in [7, 11) is 2.95. The lowest BCUT2D eigenvalue weighted by Gasteiger charge is -2.38. The lowest BCUT2D eigenvalue weighted by molar-refractivity contribution is -0.116. The van der Waals surface area contributed by atoms with E-state index in [1.54, 1.807) is 56.9 Å². The molecule has 1 aromatic heterocycles. The molecule has 2 aromatic carbocycles. The number of aliphatic hydroxyl groups is 2. The summed E-state index contributed by atoms with van der Waals surface area (Å²) in [5.41, 5.74) is -0.456. The summed E-state index contributed by atoms with van der Waals surface area (Å²) >= 11 is 0. The Morgan fingerprint density at radius 3 is 2.36 bits per heavy atom. The highest BCUT2D eigenvalue weighted by Gasteiger charge is 2.53. The molecule has 5 N–H and O–H groups in total. The number of aliphatic hydroxyl groups excluding tert-OH is 2. The van der Waals surface area contributed by atoms with Crippen LogP contribution >= 0.6 is 0 Å². The number of ketones is 3. The molecule has 70 heavy (non-hydrogen) atoms. The summed E-state index contributed by atoms with van der Waals surface area (Å²) in [4.78, 5) is 73.0. The predicted octanol–water partition coefficient (Wildman–Crippen LogP) is 5.32. The quantitative estimate of drug-likeness (QED) is 0.201. The molecule has 1 fully saturated rings. The molecule has 0 radical (unpaired) electrons. The molecule has 9 atom stereocenters. The zero-order valence-corrected chi connectivity index (χ0v) is 40.6. The van der Waals surface area contributed by atoms with Gasteiger partial charge in [-0.1, -0.05) is 63.2 Å². The van der Waals surface area contributed by atoms with Gasteiger partial charge in [-0.2, -0.15) is 0 Å². The van der Waals surface area contributed by atoms with E-state index in [0.29, 0.717) is 22.8 Å². The normalized spacial score (nSPS) is 27.7. The number of hydrogen-bond donors (Lipinski definition) is 5. The Kier molecular flexibility index (Phi) is 15.4. The summed E-state index contributed by atoms with van der Waals surface area (Å²) in [6.07, 6.45) is 2.00. The SMILES string of the molecule is COc1ccccc1-c1cc(CNC(=O)O[C@H]2[C@H](C)[C@H](O)[C@H](C)[C@@H](O)[C@@H](C)C=CC=C(C)C(=O)NC3=C(N4CCOCC4)C(=O)c4c(c(O)c(C)c5c4C(=O)[C@@](C)(OC=C[C@H](OC)[C@H]2C)O5)C3=O)on1. The van der Waals surface area contributed by atoms with Crippen LogP contribution in [-0.2, 0) is 30.3 Å². The molecule has 2 amide bonds. The number of rotatable bonds is 7. The Balaban J connectivity index is 1.24. The third-order valence-electron chi connectivity index (χ3n) is 13.5. The van der Waals surface area contributed by atoms with Crippen molar-refractivity contribution in [1.82, 2.24) is 20.7 Å². The summed E-state index contributed by atoms with van der Waals surface area (Å²) in [5.74, 6) is -8.26. The Bertz CT molecular complexity index is 2660. The van der Waals surface area contributed by atoms with Crippen LogP contribution in [0.15, 0.2) is 82.4 Å². The molecular weight excluding hydrogens is 909 g/mol. The summed E-state index contributed by atoms with van der Waals surface area (Å²) < 4.78 is 40.6. The number of carbonyl (C=O) groups excluding carboxylic acids is 5. The fourth-order valence-corrected chi connectivity index (χ4v) is 9.28. The number of morpholine rings is 1. The molecule has 4 aliphatic heterocycles. The number of carbonyl (C=O) groups is 5. The number of ether oxygens (including phenoxy) is 6. The number of fused-ring (bicyclic) bond motifs is 14. The second-order valence-corrected chi connectivity index (χ2v) is 18.1. The number of alkyl carbamates (subject to hydrolysis) is 1. The van der Waals surface area contributed by atoms with E-state index in [0.717, 1.165) is 6.26 Å². The molecule has 1 saturated heterocycles. The third-order valence-corrected chi connectivity index (χ3v) is 13.5. The molecule has 8 rings (SSSR count). The minimum atomic E-state index is -2.13. The molecule has 0 unspecified atom stereocenters. The van der Waals surface area contributed by atoms with Gasteiger partial charge in [0.25, 0.3) is 11.7 Å². The monoisotopic (exact) mass is 968 g/mol. The van der Waals surface area contributed by atoms with Gasteiger partial charge in [-0.05, 0) is 32.1 Å². The van der Waals surface area contributed by atoms with Gasteiger partial charge in [-0.15, -0.1) is 0 Å². The first-order chi connectivity index (χ1) is 33.3. The van der Waals surface area contributed by atoms with Gasteiger partial charge in [-0.25, -0.2) is 4.79 Å². The first-order valence-electron chi connectivity index (χ1n) is 23.1. The molecular formula is C51H60N4O15. The van der Waals surface area contributed by atoms with Crippen LogP contribution in [0, 0.1) is 30.6 Å². The number of amides is 2. The fourth-order valence-electron chi connectivity index (χ4n) is 9.28. The second kappa shape index (κ2) is 21.1. The average molecular weight is 969 g/mol. The van der Waals surface area contributed by atoms with Gasteiger partial charge in [-0.3, -0.25) is 19.2 Å². The van der Waals surface area contributed by atoms with Gasteiger partial charge in [0, 0.05) is 73.6 Å². The van der Waals surface area contributed by atoms with Crippen LogP contribution in [-0.4, -0.2) is 125 Å². The number of phenolic OH excluding ortho intramolecular Hbond substituents is 1. The molecule has 0 spiro atoms. The van der Waals surface area contributed by atoms with Crippen molar-refractivity contribution in [3.63, 3.8) is 0 Å². The number of phenols is 1. The van der Waals surface area contributed by atoms with Crippen LogP contribution in [0.4, 0.5) is 4.79 Å². The minimum Gasteiger partial charge on any atom is -0.507 e. The number of allylic oxidation sites excluding steroid dienone is 4. The lowest BCUT2D eigenvalue weighted by atomic mass is 9.78. The molecule has 5 heterocycles. The van der Waals surface area contributed by atoms with E-state index < -0.39 is 100 Å². The third kappa shape index (κ3) is 9.83. The number of Topliss-reactive ketones (excluding diaryl/α,β-unsaturated/α-hetero) is 3. The van der Waals surface area contributed by atoms with Crippen LogP contribution in [0.3, 0.4) is 0 Å². The Hall–Kier alpha value is -6.80. The summed E-state index contributed by atoms with van der Waals surface area (Å²) in [6.45, 7) is 11.7. The lowest BCUT2D eigenvalue weighted by Crippen LogP contribution is -2.47. The minimum absolute atomic E-state index is 0.0216. The summed E-state index contributed by atoms with van der Waals surface area (Å²) in [6, 6.07) is 8.90. The Morgan fingerprint density at radius 2 is 1.66 bits per heavy atom. The molecule has 5 bridgehead atoms. The number of aromatic nitrogens is 1. The molecule has 374 valence electrons. The molecule has 0 saturated carbocycles. The highest BCUT2D eigenvalue weighted by atomic mass is 16.7. The number of nitrogens with zero attached hydrogens (tertiary/aromatic N) is 2. The van der Waals surface area contributed by atoms with Crippen molar-refractivity contribution in [1.29, 1.82) is 0 Å². The molecule has 3 aromatic rings. The van der Waals surface area contributed by atoms with Crippen molar-refractivity contribution in [3.05, 3.63) is 106 Å². The zero-order chi connectivity index (χ0) is 50.8. The van der Waals surface area contributed by atoms with Crippen molar-refractivity contribution < 1.29 is 72.2 Å². The highest BCUT2D eigenvalue weighted by molar-refractivity contribution is 6.32. The van der Waals surface area contributed by atoms with Gasteiger partial charge >= 0.3 is 11.9 Å². The maximum atomic E-state index is 14.8. The predicted molar refractivity (Wildman–Crippen MR) is 251 cm³/mol. The van der Waals surface area contributed by atoms with Crippen molar-refractivity contribution >= 4 is 29.4 Å². The van der Waals surface area contributed by atoms with Crippen LogP contribution < -0.4 is 20.1 Å². The van der Waals surface area contributed by atoms with Gasteiger partial charge in [0.2, 0.25) is 11.6 Å². The van der Waals surface area contributed by atoms with E-state index in [9.17, 15) is 39.3 Å². The van der Waals surface area contributed by atoms with E-state index in [-0.39, 0.29) is 66.7 Å². The van der Waals surface area contributed by atoms with E-state index in [1.165, 1.54) is 47.1 Å². The number of methoxy groups -OCH3 is 2. The smallest absolute Gasteiger partial charge is 0.407 e. The number of nitrogens with one attached hydrogen (secondary N) is 2. The van der Waals surface area contributed by atoms with Gasteiger partial charge < -0.3 is 63.8 Å². The Morgan fingerprint density at radius 1 is 0.943 bits per heavy atom. The number of aromatic hydroxyl groups is 1. The largest absolute Gasteiger partial charge is 0.507 e. The van der Waals surface area contributed by atoms with E-state index in [2.05, 4.69) is 15.8 Å². The van der Waals surface area contributed by atoms with Gasteiger partial charge in [0.15, 0.2) is 5.76 Å². The fraction of sp³-hybridized carbons (Fsp3) is 0.451. The number of para-hydroxylation sites is 1. The van der Waals surface area contributed by atoms with E-state index in [4.69, 9.17) is 32.9 Å². The maximum Gasteiger partial charge on any atom is 0.407 e. The average Bonchev–Trinajstić information content (AvgIpc) is 3.94. The van der Waals surface area contributed by atoms with Crippen LogP contribution in [0.1, 0.15) is 83.9 Å². The van der Waals surface area contributed by atoms with E-state index in [1.807, 2.05) is 18.2 Å². The number of benzene rings is 2. The van der Waals surface area contributed by atoms with Crippen molar-refractivity contribution in [3.8, 4) is 28.5 Å². The van der Waals surface area contributed by atoms with Crippen molar-refractivity contribution in [2.24, 2.45) is 23.7 Å². The molecule has 19 nitrogen and oxygen atoms in total. The van der Waals surface area contributed by atoms with Crippen LogP contribution in [0.25, 0.3) is 11.3 Å².